The van der Waals surface area contributed by atoms with Crippen LogP contribution >= 0.6 is 0 Å². The summed E-state index contributed by atoms with van der Waals surface area (Å²) in [5.41, 5.74) is 0. The van der Waals surface area contributed by atoms with Crippen LogP contribution in [0.15, 0.2) is 12.7 Å². The van der Waals surface area contributed by atoms with Crippen molar-refractivity contribution in [2.75, 3.05) is 0 Å². The third-order valence-electron chi connectivity index (χ3n) is 1.53. The van der Waals surface area contributed by atoms with Gasteiger partial charge in [0.2, 0.25) is 0 Å². The van der Waals surface area contributed by atoms with Crippen molar-refractivity contribution in [3.05, 3.63) is 12.7 Å². The first-order chi connectivity index (χ1) is 5.06. The number of aliphatic hydroxyl groups excluding tert-OH is 2. The van der Waals surface area contributed by atoms with Gasteiger partial charge in [0, 0.05) is 6.42 Å². The maximum atomic E-state index is 9.31. The Morgan fingerprint density at radius 1 is 1.27 bits per heavy atom. The van der Waals surface area contributed by atoms with Crippen LogP contribution in [0.5, 0.6) is 0 Å². The first-order valence-electron chi connectivity index (χ1n) is 4.05. The molecule has 0 aromatic heterocycles. The lowest BCUT2D eigenvalue weighted by Gasteiger charge is -2.14. The molecule has 0 fully saturated rings. The SMILES string of the molecule is C=CC(O)CC(O)CC(C)C. The molecule has 0 aliphatic rings. The summed E-state index contributed by atoms with van der Waals surface area (Å²) in [6, 6.07) is 0. The molecule has 0 rings (SSSR count). The Balaban J connectivity index is 3.51. The van der Waals surface area contributed by atoms with Crippen molar-refractivity contribution in [3.63, 3.8) is 0 Å². The highest BCUT2D eigenvalue weighted by molar-refractivity contribution is 4.80. The minimum atomic E-state index is -0.566. The highest BCUT2D eigenvalue weighted by atomic mass is 16.3. The molecule has 2 nitrogen and oxygen atoms in total. The smallest absolute Gasteiger partial charge is 0.0742 e. The third kappa shape index (κ3) is 6.07. The van der Waals surface area contributed by atoms with Gasteiger partial charge >= 0.3 is 0 Å². The standard InChI is InChI=1S/C9H18O2/c1-4-8(10)6-9(11)5-7(2)3/h4,7-11H,1,5-6H2,2-3H3. The highest BCUT2D eigenvalue weighted by Crippen LogP contribution is 2.09. The van der Waals surface area contributed by atoms with Gasteiger partial charge in [-0.15, -0.1) is 6.58 Å². The summed E-state index contributed by atoms with van der Waals surface area (Å²) in [6.45, 7) is 7.52. The van der Waals surface area contributed by atoms with E-state index in [1.807, 2.05) is 13.8 Å². The number of aliphatic hydroxyl groups is 2. The van der Waals surface area contributed by atoms with E-state index in [2.05, 4.69) is 6.58 Å². The van der Waals surface area contributed by atoms with Gasteiger partial charge in [-0.25, -0.2) is 0 Å². The topological polar surface area (TPSA) is 40.5 Å². The molecule has 0 radical (unpaired) electrons. The fraction of sp³-hybridized carbons (Fsp3) is 0.778. The average Bonchev–Trinajstić information content (AvgIpc) is 1.85. The Morgan fingerprint density at radius 2 is 1.82 bits per heavy atom. The van der Waals surface area contributed by atoms with Crippen LogP contribution in [-0.2, 0) is 0 Å². The van der Waals surface area contributed by atoms with E-state index >= 15 is 0 Å². The first kappa shape index (κ1) is 10.7. The van der Waals surface area contributed by atoms with Crippen LogP contribution in [0.4, 0.5) is 0 Å². The molecule has 0 spiro atoms. The van der Waals surface area contributed by atoms with Crippen LogP contribution in [0.25, 0.3) is 0 Å². The summed E-state index contributed by atoms with van der Waals surface area (Å²) in [6.07, 6.45) is 1.63. The summed E-state index contributed by atoms with van der Waals surface area (Å²) >= 11 is 0. The molecular formula is C9H18O2. The lowest BCUT2D eigenvalue weighted by Crippen LogP contribution is -2.17. The van der Waals surface area contributed by atoms with E-state index in [0.29, 0.717) is 12.3 Å². The van der Waals surface area contributed by atoms with Crippen LogP contribution in [0, 0.1) is 5.92 Å². The molecule has 0 bridgehead atoms. The maximum Gasteiger partial charge on any atom is 0.0742 e. The van der Waals surface area contributed by atoms with Gasteiger partial charge in [-0.3, -0.25) is 0 Å². The molecule has 2 unspecified atom stereocenters. The van der Waals surface area contributed by atoms with Crippen LogP contribution in [0.1, 0.15) is 26.7 Å². The van der Waals surface area contributed by atoms with Crippen molar-refractivity contribution < 1.29 is 10.2 Å². The summed E-state index contributed by atoms with van der Waals surface area (Å²) in [4.78, 5) is 0. The van der Waals surface area contributed by atoms with Gasteiger partial charge in [0.1, 0.15) is 0 Å². The summed E-state index contributed by atoms with van der Waals surface area (Å²) in [5, 5.41) is 18.4. The summed E-state index contributed by atoms with van der Waals surface area (Å²) in [7, 11) is 0. The molecule has 2 atom stereocenters. The lowest BCUT2D eigenvalue weighted by molar-refractivity contribution is 0.0888. The quantitative estimate of drug-likeness (QED) is 0.593. The molecule has 2 N–H and O–H groups in total. The predicted molar refractivity (Wildman–Crippen MR) is 46.3 cm³/mol. The molecule has 0 aromatic rings. The largest absolute Gasteiger partial charge is 0.393 e. The molecule has 0 amide bonds. The Bertz CT molecular complexity index is 110. The Labute approximate surface area is 68.6 Å². The van der Waals surface area contributed by atoms with E-state index in [-0.39, 0.29) is 0 Å². The van der Waals surface area contributed by atoms with E-state index in [4.69, 9.17) is 5.11 Å². The molecule has 66 valence electrons. The average molecular weight is 158 g/mol. The van der Waals surface area contributed by atoms with Gasteiger partial charge in [0.25, 0.3) is 0 Å². The fourth-order valence-electron chi connectivity index (χ4n) is 1.02. The molecule has 0 heterocycles. The third-order valence-corrected chi connectivity index (χ3v) is 1.53. The van der Waals surface area contributed by atoms with Gasteiger partial charge in [-0.05, 0) is 12.3 Å². The van der Waals surface area contributed by atoms with E-state index in [1.165, 1.54) is 6.08 Å². The Morgan fingerprint density at radius 3 is 2.18 bits per heavy atom. The van der Waals surface area contributed by atoms with Gasteiger partial charge in [-0.1, -0.05) is 19.9 Å². The van der Waals surface area contributed by atoms with E-state index in [9.17, 15) is 5.11 Å². The zero-order chi connectivity index (χ0) is 8.85. The number of hydrogen-bond acceptors (Lipinski definition) is 2. The lowest BCUT2D eigenvalue weighted by atomic mass is 10.0. The van der Waals surface area contributed by atoms with Gasteiger partial charge in [0.05, 0.1) is 12.2 Å². The van der Waals surface area contributed by atoms with E-state index < -0.39 is 12.2 Å². The maximum absolute atomic E-state index is 9.31. The normalized spacial score (nSPS) is 16.5. The Hall–Kier alpha value is -0.340. The minimum absolute atomic E-state index is 0.400. The zero-order valence-electron chi connectivity index (χ0n) is 7.33. The van der Waals surface area contributed by atoms with E-state index in [1.54, 1.807) is 0 Å². The van der Waals surface area contributed by atoms with Gasteiger partial charge in [0.15, 0.2) is 0 Å². The first-order valence-corrected chi connectivity index (χ1v) is 4.05. The van der Waals surface area contributed by atoms with Crippen LogP contribution in [-0.4, -0.2) is 22.4 Å². The summed E-state index contributed by atoms with van der Waals surface area (Å²) < 4.78 is 0. The Kier molecular flexibility index (Phi) is 5.16. The molecule has 0 saturated carbocycles. The minimum Gasteiger partial charge on any atom is -0.393 e. The monoisotopic (exact) mass is 158 g/mol. The van der Waals surface area contributed by atoms with Crippen molar-refractivity contribution in [1.82, 2.24) is 0 Å². The molecular weight excluding hydrogens is 140 g/mol. The van der Waals surface area contributed by atoms with Gasteiger partial charge in [-0.2, -0.15) is 0 Å². The van der Waals surface area contributed by atoms with Crippen molar-refractivity contribution in [3.8, 4) is 0 Å². The van der Waals surface area contributed by atoms with Crippen molar-refractivity contribution in [2.24, 2.45) is 5.92 Å². The number of rotatable bonds is 5. The van der Waals surface area contributed by atoms with Crippen LogP contribution in [0.2, 0.25) is 0 Å². The molecule has 2 heteroatoms. The van der Waals surface area contributed by atoms with Crippen molar-refractivity contribution in [2.45, 2.75) is 38.9 Å². The predicted octanol–water partition coefficient (Wildman–Crippen LogP) is 1.33. The second kappa shape index (κ2) is 5.33. The molecule has 0 aliphatic carbocycles. The van der Waals surface area contributed by atoms with Crippen molar-refractivity contribution >= 4 is 0 Å². The molecule has 0 aromatic carbocycles. The van der Waals surface area contributed by atoms with Gasteiger partial charge < -0.3 is 10.2 Å². The number of hydrogen-bond donors (Lipinski definition) is 2. The van der Waals surface area contributed by atoms with Crippen LogP contribution in [0.3, 0.4) is 0 Å². The zero-order valence-corrected chi connectivity index (χ0v) is 7.33. The fourth-order valence-corrected chi connectivity index (χ4v) is 1.02. The van der Waals surface area contributed by atoms with Crippen molar-refractivity contribution in [1.29, 1.82) is 0 Å². The second-order valence-electron chi connectivity index (χ2n) is 3.32. The molecule has 0 aliphatic heterocycles. The highest BCUT2D eigenvalue weighted by Gasteiger charge is 2.10. The summed E-state index contributed by atoms with van der Waals surface area (Å²) in [5.74, 6) is 0.474. The van der Waals surface area contributed by atoms with Crippen LogP contribution < -0.4 is 0 Å². The molecule has 11 heavy (non-hydrogen) atoms. The van der Waals surface area contributed by atoms with E-state index in [0.717, 1.165) is 6.42 Å². The second-order valence-corrected chi connectivity index (χ2v) is 3.32. The molecule has 0 saturated heterocycles.